The molecular formula is C24H16N4O3S. The monoisotopic (exact) mass is 440 g/mol. The minimum Gasteiger partial charge on any atom is -0.325 e. The minimum absolute atomic E-state index is 0.320. The van der Waals surface area contributed by atoms with E-state index in [0.717, 1.165) is 26.7 Å². The Morgan fingerprint density at radius 3 is 2.34 bits per heavy atom. The van der Waals surface area contributed by atoms with Crippen LogP contribution in [-0.2, 0) is 4.79 Å². The molecule has 0 radical (unpaired) electrons. The van der Waals surface area contributed by atoms with Gasteiger partial charge in [0.05, 0.1) is 16.8 Å². The molecule has 2 aromatic carbocycles. The molecule has 1 aliphatic heterocycles. The van der Waals surface area contributed by atoms with Crippen molar-refractivity contribution >= 4 is 34.7 Å². The average Bonchev–Trinajstić information content (AvgIpc) is 3.41. The molecule has 0 atom stereocenters. The van der Waals surface area contributed by atoms with Gasteiger partial charge in [0.1, 0.15) is 11.6 Å². The van der Waals surface area contributed by atoms with Gasteiger partial charge in [0, 0.05) is 34.6 Å². The van der Waals surface area contributed by atoms with E-state index < -0.39 is 17.7 Å². The highest BCUT2D eigenvalue weighted by molar-refractivity contribution is 7.13. The van der Waals surface area contributed by atoms with Crippen molar-refractivity contribution in [2.24, 2.45) is 0 Å². The van der Waals surface area contributed by atoms with Crippen molar-refractivity contribution in [2.45, 2.75) is 0 Å². The van der Waals surface area contributed by atoms with Crippen molar-refractivity contribution in [1.29, 1.82) is 0 Å². The Balaban J connectivity index is 1.30. The van der Waals surface area contributed by atoms with E-state index in [1.807, 2.05) is 35.7 Å². The second kappa shape index (κ2) is 8.16. The highest BCUT2D eigenvalue weighted by Gasteiger charge is 2.36. The maximum Gasteiger partial charge on any atom is 0.262 e. The first-order valence-corrected chi connectivity index (χ1v) is 10.7. The fourth-order valence-corrected chi connectivity index (χ4v) is 4.35. The number of fused-ring (bicyclic) bond motifs is 1. The number of aromatic nitrogens is 2. The quantitative estimate of drug-likeness (QED) is 0.472. The van der Waals surface area contributed by atoms with Gasteiger partial charge in [-0.1, -0.05) is 24.3 Å². The fourth-order valence-electron chi connectivity index (χ4n) is 3.52. The summed E-state index contributed by atoms with van der Waals surface area (Å²) in [4.78, 5) is 47.2. The molecule has 5 rings (SSSR count). The molecule has 0 aliphatic carbocycles. The largest absolute Gasteiger partial charge is 0.325 e. The van der Waals surface area contributed by atoms with Crippen molar-refractivity contribution in [2.75, 3.05) is 11.9 Å². The van der Waals surface area contributed by atoms with Gasteiger partial charge in [-0.3, -0.25) is 24.3 Å². The van der Waals surface area contributed by atoms with E-state index in [1.54, 1.807) is 42.7 Å². The number of pyridine rings is 1. The van der Waals surface area contributed by atoms with Crippen molar-refractivity contribution in [3.8, 4) is 21.8 Å². The molecule has 0 spiro atoms. The Morgan fingerprint density at radius 2 is 1.62 bits per heavy atom. The molecule has 2 aromatic heterocycles. The zero-order valence-electron chi connectivity index (χ0n) is 16.7. The predicted molar refractivity (Wildman–Crippen MR) is 121 cm³/mol. The second-order valence-electron chi connectivity index (χ2n) is 7.14. The first-order valence-electron chi connectivity index (χ1n) is 9.81. The second-order valence-corrected chi connectivity index (χ2v) is 8.00. The number of carbonyl (C=O) groups is 3. The summed E-state index contributed by atoms with van der Waals surface area (Å²) >= 11 is 1.53. The summed E-state index contributed by atoms with van der Waals surface area (Å²) in [5, 5.41) is 5.60. The molecule has 3 amide bonds. The molecule has 0 saturated carbocycles. The van der Waals surface area contributed by atoms with Crippen LogP contribution in [0.3, 0.4) is 0 Å². The number of nitrogens with zero attached hydrogens (tertiary/aromatic N) is 3. The predicted octanol–water partition coefficient (Wildman–Crippen LogP) is 4.11. The van der Waals surface area contributed by atoms with Crippen LogP contribution >= 0.6 is 11.3 Å². The van der Waals surface area contributed by atoms with E-state index in [1.165, 1.54) is 11.3 Å². The molecule has 32 heavy (non-hydrogen) atoms. The van der Waals surface area contributed by atoms with Gasteiger partial charge in [-0.15, -0.1) is 11.3 Å². The Kier molecular flexibility index (Phi) is 5.04. The number of carbonyl (C=O) groups excluding carboxylic acids is 3. The number of anilines is 1. The van der Waals surface area contributed by atoms with E-state index in [2.05, 4.69) is 15.3 Å². The number of benzene rings is 2. The molecule has 8 heteroatoms. The Bertz CT molecular complexity index is 1320. The lowest BCUT2D eigenvalue weighted by molar-refractivity contribution is -0.116. The maximum atomic E-state index is 12.6. The first kappa shape index (κ1) is 19.8. The lowest BCUT2D eigenvalue weighted by Crippen LogP contribution is -2.37. The van der Waals surface area contributed by atoms with Crippen molar-refractivity contribution in [3.05, 3.63) is 89.6 Å². The molecule has 3 heterocycles. The van der Waals surface area contributed by atoms with Crippen LogP contribution in [0.25, 0.3) is 21.8 Å². The van der Waals surface area contributed by atoms with E-state index in [0.29, 0.717) is 16.8 Å². The molecule has 156 valence electrons. The van der Waals surface area contributed by atoms with Crippen LogP contribution in [0.15, 0.2) is 78.4 Å². The number of amides is 3. The molecule has 0 saturated heterocycles. The van der Waals surface area contributed by atoms with Crippen LogP contribution in [0, 0.1) is 0 Å². The maximum absolute atomic E-state index is 12.6. The van der Waals surface area contributed by atoms with Gasteiger partial charge in [-0.25, -0.2) is 4.98 Å². The van der Waals surface area contributed by atoms with Crippen molar-refractivity contribution in [1.82, 2.24) is 14.9 Å². The summed E-state index contributed by atoms with van der Waals surface area (Å²) in [6.07, 6.45) is 3.45. The van der Waals surface area contributed by atoms with Crippen LogP contribution < -0.4 is 5.32 Å². The van der Waals surface area contributed by atoms with Gasteiger partial charge in [-0.05, 0) is 36.4 Å². The number of hydrogen-bond acceptors (Lipinski definition) is 6. The van der Waals surface area contributed by atoms with Gasteiger partial charge < -0.3 is 5.32 Å². The topological polar surface area (TPSA) is 92.3 Å². The molecular weight excluding hydrogens is 424 g/mol. The minimum atomic E-state index is -0.458. The summed E-state index contributed by atoms with van der Waals surface area (Å²) in [7, 11) is 0. The highest BCUT2D eigenvalue weighted by atomic mass is 32.1. The summed E-state index contributed by atoms with van der Waals surface area (Å²) in [6, 6.07) is 17.7. The van der Waals surface area contributed by atoms with Crippen molar-refractivity contribution in [3.63, 3.8) is 0 Å². The Hall–Kier alpha value is -4.17. The third-order valence-corrected chi connectivity index (χ3v) is 5.94. The lowest BCUT2D eigenvalue weighted by Gasteiger charge is -2.14. The summed E-state index contributed by atoms with van der Waals surface area (Å²) < 4.78 is 0. The van der Waals surface area contributed by atoms with Crippen LogP contribution in [0.5, 0.6) is 0 Å². The lowest BCUT2D eigenvalue weighted by atomic mass is 10.1. The number of rotatable bonds is 5. The fraction of sp³-hybridized carbons (Fsp3) is 0.0417. The number of hydrogen-bond donors (Lipinski definition) is 1. The molecule has 0 fully saturated rings. The van der Waals surface area contributed by atoms with E-state index in [4.69, 9.17) is 0 Å². The Morgan fingerprint density at radius 1 is 0.906 bits per heavy atom. The first-order chi connectivity index (χ1) is 15.6. The SMILES string of the molecule is O=C(CN1C(=O)c2ccccc2C1=O)Nc1cccc(-c2csc(-c3ccncc3)n2)c1. The van der Waals surface area contributed by atoms with Gasteiger partial charge in [0.15, 0.2) is 0 Å². The van der Waals surface area contributed by atoms with Crippen LogP contribution in [0.4, 0.5) is 5.69 Å². The molecule has 0 bridgehead atoms. The molecule has 7 nitrogen and oxygen atoms in total. The standard InChI is InChI=1S/C24H16N4O3S/c29-21(13-28-23(30)18-6-1-2-7-19(18)24(28)31)26-17-5-3-4-16(12-17)20-14-32-22(27-20)15-8-10-25-11-9-15/h1-12,14H,13H2,(H,26,29). The van der Waals surface area contributed by atoms with E-state index in [9.17, 15) is 14.4 Å². The normalized spacial score (nSPS) is 12.7. The number of nitrogens with one attached hydrogen (secondary N) is 1. The number of imide groups is 1. The molecule has 4 aromatic rings. The summed E-state index contributed by atoms with van der Waals surface area (Å²) in [6.45, 7) is -0.348. The van der Waals surface area contributed by atoms with Gasteiger partial charge >= 0.3 is 0 Å². The van der Waals surface area contributed by atoms with Crippen LogP contribution in [-0.4, -0.2) is 39.1 Å². The van der Waals surface area contributed by atoms with Gasteiger partial charge in [-0.2, -0.15) is 0 Å². The molecule has 1 aliphatic rings. The van der Waals surface area contributed by atoms with Gasteiger partial charge in [0.25, 0.3) is 11.8 Å². The zero-order chi connectivity index (χ0) is 22.1. The average molecular weight is 440 g/mol. The van der Waals surface area contributed by atoms with Crippen LogP contribution in [0.1, 0.15) is 20.7 Å². The van der Waals surface area contributed by atoms with E-state index in [-0.39, 0.29) is 6.54 Å². The van der Waals surface area contributed by atoms with Gasteiger partial charge in [0.2, 0.25) is 5.91 Å². The zero-order valence-corrected chi connectivity index (χ0v) is 17.5. The Labute approximate surface area is 187 Å². The van der Waals surface area contributed by atoms with E-state index >= 15 is 0 Å². The molecule has 1 N–H and O–H groups in total. The number of thiazole rings is 1. The van der Waals surface area contributed by atoms with Crippen LogP contribution in [0.2, 0.25) is 0 Å². The third kappa shape index (κ3) is 3.67. The highest BCUT2D eigenvalue weighted by Crippen LogP contribution is 2.30. The smallest absolute Gasteiger partial charge is 0.262 e. The molecule has 0 unspecified atom stereocenters. The van der Waals surface area contributed by atoms with Crippen molar-refractivity contribution < 1.29 is 14.4 Å². The third-order valence-electron chi connectivity index (χ3n) is 5.05. The summed E-state index contributed by atoms with van der Waals surface area (Å²) in [5.41, 5.74) is 3.82. The summed E-state index contributed by atoms with van der Waals surface area (Å²) in [5.74, 6) is -1.37.